The number of terminal acetylenes is 1. The van der Waals surface area contributed by atoms with Crippen molar-refractivity contribution in [3.05, 3.63) is 12.2 Å². The summed E-state index contributed by atoms with van der Waals surface area (Å²) in [6, 6.07) is 0. The number of hydrogen-bond donors (Lipinski definition) is 1. The highest BCUT2D eigenvalue weighted by molar-refractivity contribution is 4.83. The quantitative estimate of drug-likeness (QED) is 0.187. The Labute approximate surface area is 139 Å². The van der Waals surface area contributed by atoms with Gasteiger partial charge >= 0.3 is 0 Å². The Morgan fingerprint density at radius 1 is 0.591 bits per heavy atom. The van der Waals surface area contributed by atoms with E-state index < -0.39 is 0 Å². The van der Waals surface area contributed by atoms with Gasteiger partial charge in [0.1, 0.15) is 0 Å². The molecule has 1 nitrogen and oxygen atoms in total. The fourth-order valence-corrected chi connectivity index (χ4v) is 2.69. The Bertz CT molecular complexity index is 262. The van der Waals surface area contributed by atoms with Crippen LogP contribution in [0.3, 0.4) is 0 Å². The minimum absolute atomic E-state index is 0.358. The molecule has 22 heavy (non-hydrogen) atoms. The van der Waals surface area contributed by atoms with Crippen LogP contribution < -0.4 is 0 Å². The summed E-state index contributed by atoms with van der Waals surface area (Å²) in [6.45, 7) is 0.358. The number of allylic oxidation sites excluding steroid dienone is 2. The highest BCUT2D eigenvalue weighted by atomic mass is 16.2. The second-order valence-electron chi connectivity index (χ2n) is 6.32. The lowest BCUT2D eigenvalue weighted by molar-refractivity contribution is 0.282. The maximum Gasteiger partial charge on any atom is 0.0431 e. The topological polar surface area (TPSA) is 20.2 Å². The molecule has 0 saturated carbocycles. The predicted molar refractivity (Wildman–Crippen MR) is 98.9 cm³/mol. The Balaban J connectivity index is 3.04. The number of rotatable bonds is 17. The van der Waals surface area contributed by atoms with Crippen molar-refractivity contribution in [3.63, 3.8) is 0 Å². The lowest BCUT2D eigenvalue weighted by atomic mass is 10.1. The van der Waals surface area contributed by atoms with E-state index in [4.69, 9.17) is 11.5 Å². The zero-order chi connectivity index (χ0) is 16.1. The Morgan fingerprint density at radius 2 is 1.00 bits per heavy atom. The molecule has 0 unspecified atom stereocenters. The van der Waals surface area contributed by atoms with Crippen LogP contribution in [0.25, 0.3) is 0 Å². The summed E-state index contributed by atoms with van der Waals surface area (Å²) in [4.78, 5) is 0. The van der Waals surface area contributed by atoms with Gasteiger partial charge in [-0.05, 0) is 38.5 Å². The molecule has 0 aromatic heterocycles. The first-order valence-electron chi connectivity index (χ1n) is 9.61. The summed E-state index contributed by atoms with van der Waals surface area (Å²) < 4.78 is 0. The van der Waals surface area contributed by atoms with Crippen molar-refractivity contribution in [3.8, 4) is 12.3 Å². The lowest BCUT2D eigenvalue weighted by Crippen LogP contribution is -1.84. The van der Waals surface area contributed by atoms with E-state index in [1.807, 2.05) is 0 Å². The molecule has 0 spiro atoms. The minimum atomic E-state index is 0.358. The highest BCUT2D eigenvalue weighted by Gasteiger charge is 1.91. The molecule has 1 N–H and O–H groups in total. The number of hydrogen-bond acceptors (Lipinski definition) is 1. The largest absolute Gasteiger partial charge is 0.396 e. The van der Waals surface area contributed by atoms with Crippen LogP contribution >= 0.6 is 0 Å². The Hall–Kier alpha value is -0.740. The van der Waals surface area contributed by atoms with E-state index >= 15 is 0 Å². The Kier molecular flexibility index (Phi) is 19.6. The second kappa shape index (κ2) is 20.3. The van der Waals surface area contributed by atoms with Crippen molar-refractivity contribution < 1.29 is 5.11 Å². The summed E-state index contributed by atoms with van der Waals surface area (Å²) >= 11 is 0. The van der Waals surface area contributed by atoms with Gasteiger partial charge in [-0.1, -0.05) is 69.9 Å². The monoisotopic (exact) mass is 306 g/mol. The van der Waals surface area contributed by atoms with Crippen LogP contribution in [0.4, 0.5) is 0 Å². The summed E-state index contributed by atoms with van der Waals surface area (Å²) in [5, 5.41) is 8.69. The van der Waals surface area contributed by atoms with Crippen LogP contribution in [0.1, 0.15) is 103 Å². The molecule has 0 saturated heterocycles. The molecule has 0 fully saturated rings. The predicted octanol–water partition coefficient (Wildman–Crippen LogP) is 6.41. The van der Waals surface area contributed by atoms with Gasteiger partial charge in [-0.2, -0.15) is 0 Å². The van der Waals surface area contributed by atoms with Crippen LogP contribution in [0.2, 0.25) is 0 Å². The molecule has 0 aromatic rings. The van der Waals surface area contributed by atoms with Crippen molar-refractivity contribution in [2.24, 2.45) is 0 Å². The first kappa shape index (κ1) is 21.3. The van der Waals surface area contributed by atoms with Crippen molar-refractivity contribution in [2.75, 3.05) is 6.61 Å². The van der Waals surface area contributed by atoms with Crippen LogP contribution in [0, 0.1) is 12.3 Å². The summed E-state index contributed by atoms with van der Waals surface area (Å²) in [5.74, 6) is 2.70. The van der Waals surface area contributed by atoms with Gasteiger partial charge in [-0.15, -0.1) is 12.3 Å². The molecular weight excluding hydrogens is 268 g/mol. The maximum atomic E-state index is 8.69. The smallest absolute Gasteiger partial charge is 0.0431 e. The van der Waals surface area contributed by atoms with E-state index in [0.29, 0.717) is 6.61 Å². The summed E-state index contributed by atoms with van der Waals surface area (Å²) in [6.07, 6.45) is 30.3. The second-order valence-corrected chi connectivity index (χ2v) is 6.32. The molecule has 0 atom stereocenters. The molecule has 1 heteroatoms. The van der Waals surface area contributed by atoms with Gasteiger partial charge in [-0.25, -0.2) is 0 Å². The third kappa shape index (κ3) is 19.3. The van der Waals surface area contributed by atoms with Crippen LogP contribution in [0.5, 0.6) is 0 Å². The van der Waals surface area contributed by atoms with E-state index in [1.54, 1.807) is 0 Å². The van der Waals surface area contributed by atoms with Crippen molar-refractivity contribution in [1.82, 2.24) is 0 Å². The minimum Gasteiger partial charge on any atom is -0.396 e. The molecule has 0 amide bonds. The average Bonchev–Trinajstić information content (AvgIpc) is 2.54. The molecule has 0 radical (unpaired) electrons. The highest BCUT2D eigenvalue weighted by Crippen LogP contribution is 2.10. The van der Waals surface area contributed by atoms with Crippen molar-refractivity contribution >= 4 is 0 Å². The van der Waals surface area contributed by atoms with Gasteiger partial charge in [-0.3, -0.25) is 0 Å². The van der Waals surface area contributed by atoms with E-state index in [0.717, 1.165) is 12.8 Å². The van der Waals surface area contributed by atoms with Crippen molar-refractivity contribution in [2.45, 2.75) is 103 Å². The van der Waals surface area contributed by atoms with E-state index in [-0.39, 0.29) is 0 Å². The SMILES string of the molecule is C#CCCCCCCCCC=CCCCCCCCCCO. The number of aliphatic hydroxyl groups is 1. The van der Waals surface area contributed by atoms with Crippen LogP contribution in [0.15, 0.2) is 12.2 Å². The fourth-order valence-electron chi connectivity index (χ4n) is 2.69. The molecule has 0 aliphatic rings. The molecule has 0 aliphatic carbocycles. The van der Waals surface area contributed by atoms with Gasteiger partial charge < -0.3 is 5.11 Å². The van der Waals surface area contributed by atoms with Crippen LogP contribution in [-0.4, -0.2) is 11.7 Å². The standard InChI is InChI=1S/C21H38O/c1-2-3-4-5-6-7-8-9-10-11-12-13-14-15-16-17-18-19-20-21-22/h1,11-12,22H,3-10,13-21H2. The molecule has 0 rings (SSSR count). The summed E-state index contributed by atoms with van der Waals surface area (Å²) in [7, 11) is 0. The van der Waals surface area contributed by atoms with E-state index in [1.165, 1.54) is 89.9 Å². The van der Waals surface area contributed by atoms with Crippen LogP contribution in [-0.2, 0) is 0 Å². The van der Waals surface area contributed by atoms with Gasteiger partial charge in [0.2, 0.25) is 0 Å². The number of unbranched alkanes of at least 4 members (excludes halogenated alkanes) is 14. The average molecular weight is 307 g/mol. The number of aliphatic hydroxyl groups excluding tert-OH is 1. The van der Waals surface area contributed by atoms with Gasteiger partial charge in [0.25, 0.3) is 0 Å². The molecule has 0 aromatic carbocycles. The zero-order valence-corrected chi connectivity index (χ0v) is 14.7. The third-order valence-corrected chi connectivity index (χ3v) is 4.14. The molecule has 0 aliphatic heterocycles. The third-order valence-electron chi connectivity index (χ3n) is 4.14. The van der Waals surface area contributed by atoms with Gasteiger partial charge in [0, 0.05) is 13.0 Å². The van der Waals surface area contributed by atoms with Gasteiger partial charge in [0.05, 0.1) is 0 Å². The van der Waals surface area contributed by atoms with E-state index in [9.17, 15) is 0 Å². The fraction of sp³-hybridized carbons (Fsp3) is 0.810. The maximum absolute atomic E-state index is 8.69. The lowest BCUT2D eigenvalue weighted by Gasteiger charge is -2.00. The molecule has 0 bridgehead atoms. The Morgan fingerprint density at radius 3 is 1.45 bits per heavy atom. The van der Waals surface area contributed by atoms with Crippen molar-refractivity contribution in [1.29, 1.82) is 0 Å². The molecule has 128 valence electrons. The van der Waals surface area contributed by atoms with E-state index in [2.05, 4.69) is 18.1 Å². The van der Waals surface area contributed by atoms with Gasteiger partial charge in [0.15, 0.2) is 0 Å². The molecular formula is C21H38O. The first-order valence-corrected chi connectivity index (χ1v) is 9.61. The normalized spacial score (nSPS) is 11.1. The zero-order valence-electron chi connectivity index (χ0n) is 14.7. The first-order chi connectivity index (χ1) is 10.9. The summed E-state index contributed by atoms with van der Waals surface area (Å²) in [5.41, 5.74) is 0. The molecule has 0 heterocycles.